The molecule has 0 fully saturated rings. The van der Waals surface area contributed by atoms with E-state index in [0.29, 0.717) is 5.82 Å². The lowest BCUT2D eigenvalue weighted by molar-refractivity contribution is 0.881. The Morgan fingerprint density at radius 2 is 1.72 bits per heavy atom. The van der Waals surface area contributed by atoms with Gasteiger partial charge < -0.3 is 0 Å². The van der Waals surface area contributed by atoms with Gasteiger partial charge in [-0.1, -0.05) is 24.3 Å². The van der Waals surface area contributed by atoms with Crippen LogP contribution in [0.25, 0.3) is 33.2 Å². The second-order valence-corrected chi connectivity index (χ2v) is 7.43. The fraction of sp³-hybridized carbons (Fsp3) is 0.174. The number of aromatic amines is 1. The van der Waals surface area contributed by atoms with Crippen molar-refractivity contribution in [3.8, 4) is 11.4 Å². The Balaban J connectivity index is 1.42. The molecule has 0 aliphatic carbocycles. The number of pyridine rings is 2. The summed E-state index contributed by atoms with van der Waals surface area (Å²) in [6, 6.07) is 15.0. The third-order valence-corrected chi connectivity index (χ3v) is 5.37. The minimum atomic E-state index is 0.620. The molecule has 5 rings (SSSR count). The van der Waals surface area contributed by atoms with Gasteiger partial charge >= 0.3 is 0 Å². The molecular weight excluding hydrogens is 360 g/mol. The minimum Gasteiger partial charge on any atom is -0.254 e. The first-order valence-electron chi connectivity index (χ1n) is 9.65. The van der Waals surface area contributed by atoms with Gasteiger partial charge in [0.05, 0.1) is 17.2 Å². The number of tetrazole rings is 1. The fourth-order valence-corrected chi connectivity index (χ4v) is 3.76. The van der Waals surface area contributed by atoms with Crippen LogP contribution in [0.4, 0.5) is 0 Å². The van der Waals surface area contributed by atoms with Gasteiger partial charge in [-0.3, -0.25) is 9.97 Å². The summed E-state index contributed by atoms with van der Waals surface area (Å²) in [5.74, 6) is 0.620. The van der Waals surface area contributed by atoms with Crippen LogP contribution in [0.3, 0.4) is 0 Å². The predicted octanol–water partition coefficient (Wildman–Crippen LogP) is 4.37. The van der Waals surface area contributed by atoms with Crippen LogP contribution in [-0.2, 0) is 12.8 Å². The highest BCUT2D eigenvalue weighted by atomic mass is 15.5. The smallest absolute Gasteiger partial charge is 0.204 e. The SMILES string of the molecule is Cc1ccc2c(c1)ncc1ncc(CCc3ccc(-c4nn[nH]n4)cc3C)cc12. The van der Waals surface area contributed by atoms with E-state index in [1.54, 1.807) is 0 Å². The quantitative estimate of drug-likeness (QED) is 0.469. The van der Waals surface area contributed by atoms with E-state index < -0.39 is 0 Å². The lowest BCUT2D eigenvalue weighted by Crippen LogP contribution is -1.96. The van der Waals surface area contributed by atoms with Crippen LogP contribution in [0.15, 0.2) is 54.9 Å². The van der Waals surface area contributed by atoms with E-state index >= 15 is 0 Å². The molecule has 6 heteroatoms. The monoisotopic (exact) mass is 380 g/mol. The molecule has 0 saturated heterocycles. The van der Waals surface area contributed by atoms with Crippen molar-refractivity contribution in [1.82, 2.24) is 30.6 Å². The van der Waals surface area contributed by atoms with Crippen molar-refractivity contribution in [3.05, 3.63) is 77.1 Å². The molecule has 0 unspecified atom stereocenters. The molecule has 0 bridgehead atoms. The highest BCUT2D eigenvalue weighted by molar-refractivity contribution is 6.04. The summed E-state index contributed by atoms with van der Waals surface area (Å²) in [6.45, 7) is 4.21. The number of benzene rings is 2. The number of hydrogen-bond acceptors (Lipinski definition) is 5. The van der Waals surface area contributed by atoms with Crippen molar-refractivity contribution in [1.29, 1.82) is 0 Å². The molecule has 3 heterocycles. The van der Waals surface area contributed by atoms with Crippen LogP contribution >= 0.6 is 0 Å². The molecule has 5 aromatic rings. The summed E-state index contributed by atoms with van der Waals surface area (Å²) in [5.41, 5.74) is 7.91. The van der Waals surface area contributed by atoms with Crippen molar-refractivity contribution in [2.24, 2.45) is 0 Å². The summed E-state index contributed by atoms with van der Waals surface area (Å²) >= 11 is 0. The molecule has 0 saturated carbocycles. The zero-order valence-corrected chi connectivity index (χ0v) is 16.3. The summed E-state index contributed by atoms with van der Waals surface area (Å²) in [4.78, 5) is 9.20. The molecule has 0 atom stereocenters. The summed E-state index contributed by atoms with van der Waals surface area (Å²) in [5, 5.41) is 16.5. The predicted molar refractivity (Wildman–Crippen MR) is 114 cm³/mol. The molecule has 0 spiro atoms. The third-order valence-electron chi connectivity index (χ3n) is 5.37. The van der Waals surface area contributed by atoms with Crippen LogP contribution in [0.5, 0.6) is 0 Å². The van der Waals surface area contributed by atoms with Crippen LogP contribution in [0, 0.1) is 13.8 Å². The molecular formula is C23H20N6. The minimum absolute atomic E-state index is 0.620. The first-order valence-corrected chi connectivity index (χ1v) is 9.65. The molecule has 2 aromatic carbocycles. The number of nitrogens with one attached hydrogen (secondary N) is 1. The maximum absolute atomic E-state index is 4.65. The Bertz CT molecular complexity index is 1320. The van der Waals surface area contributed by atoms with Crippen LogP contribution < -0.4 is 0 Å². The van der Waals surface area contributed by atoms with Gasteiger partial charge in [0.2, 0.25) is 5.82 Å². The van der Waals surface area contributed by atoms with Crippen molar-refractivity contribution in [3.63, 3.8) is 0 Å². The normalized spacial score (nSPS) is 11.4. The first kappa shape index (κ1) is 17.4. The largest absolute Gasteiger partial charge is 0.254 e. The van der Waals surface area contributed by atoms with E-state index in [-0.39, 0.29) is 0 Å². The molecule has 0 amide bonds. The highest BCUT2D eigenvalue weighted by Gasteiger charge is 2.08. The molecule has 0 radical (unpaired) electrons. The Kier molecular flexibility index (Phi) is 4.24. The van der Waals surface area contributed by atoms with E-state index in [0.717, 1.165) is 40.2 Å². The third kappa shape index (κ3) is 3.33. The van der Waals surface area contributed by atoms with Gasteiger partial charge in [0.25, 0.3) is 0 Å². The number of H-pyrrole nitrogens is 1. The van der Waals surface area contributed by atoms with Crippen LogP contribution in [0.1, 0.15) is 22.3 Å². The van der Waals surface area contributed by atoms with Crippen molar-refractivity contribution >= 4 is 21.8 Å². The van der Waals surface area contributed by atoms with E-state index in [1.165, 1.54) is 22.3 Å². The Morgan fingerprint density at radius 1 is 0.828 bits per heavy atom. The van der Waals surface area contributed by atoms with Crippen LogP contribution in [0.2, 0.25) is 0 Å². The van der Waals surface area contributed by atoms with Crippen molar-refractivity contribution in [2.75, 3.05) is 0 Å². The maximum atomic E-state index is 4.65. The number of aromatic nitrogens is 6. The Hall–Kier alpha value is -3.67. The number of fused-ring (bicyclic) bond motifs is 3. The summed E-state index contributed by atoms with van der Waals surface area (Å²) < 4.78 is 0. The van der Waals surface area contributed by atoms with Crippen LogP contribution in [-0.4, -0.2) is 30.6 Å². The lowest BCUT2D eigenvalue weighted by Gasteiger charge is -2.09. The standard InChI is InChI=1S/C23H20N6/c1-14-3-8-19-20-11-16(12-24-22(20)13-25-21(19)9-14)4-5-17-6-7-18(10-15(17)2)23-26-28-29-27-23/h3,6-13H,4-5H2,1-2H3,(H,26,27,28,29). The van der Waals surface area contributed by atoms with Crippen molar-refractivity contribution in [2.45, 2.75) is 26.7 Å². The molecule has 0 aliphatic heterocycles. The topological polar surface area (TPSA) is 80.2 Å². The molecule has 29 heavy (non-hydrogen) atoms. The van der Waals surface area contributed by atoms with E-state index in [9.17, 15) is 0 Å². The number of rotatable bonds is 4. The van der Waals surface area contributed by atoms with Gasteiger partial charge in [-0.15, -0.1) is 10.2 Å². The van der Waals surface area contributed by atoms with Crippen molar-refractivity contribution < 1.29 is 0 Å². The first-order chi connectivity index (χ1) is 14.2. The Labute approximate surface area is 168 Å². The zero-order valence-electron chi connectivity index (χ0n) is 16.3. The van der Waals surface area contributed by atoms with Gasteiger partial charge in [0, 0.05) is 22.5 Å². The molecule has 142 valence electrons. The number of aryl methyl sites for hydroxylation is 4. The van der Waals surface area contributed by atoms with Gasteiger partial charge in [-0.2, -0.15) is 5.21 Å². The number of hydrogen-bond donors (Lipinski definition) is 1. The molecule has 6 nitrogen and oxygen atoms in total. The van der Waals surface area contributed by atoms with Gasteiger partial charge in [0.15, 0.2) is 0 Å². The average molecular weight is 380 g/mol. The Morgan fingerprint density at radius 3 is 2.55 bits per heavy atom. The maximum Gasteiger partial charge on any atom is 0.204 e. The lowest BCUT2D eigenvalue weighted by atomic mass is 9.98. The second-order valence-electron chi connectivity index (χ2n) is 7.43. The highest BCUT2D eigenvalue weighted by Crippen LogP contribution is 2.25. The molecule has 0 aliphatic rings. The van der Waals surface area contributed by atoms with E-state index in [2.05, 4.69) is 80.8 Å². The summed E-state index contributed by atoms with van der Waals surface area (Å²) in [6.07, 6.45) is 5.71. The fourth-order valence-electron chi connectivity index (χ4n) is 3.76. The van der Waals surface area contributed by atoms with E-state index in [1.807, 2.05) is 18.5 Å². The molecule has 3 aromatic heterocycles. The average Bonchev–Trinajstić information content (AvgIpc) is 3.27. The summed E-state index contributed by atoms with van der Waals surface area (Å²) in [7, 11) is 0. The second kappa shape index (κ2) is 7.05. The zero-order chi connectivity index (χ0) is 19.8. The van der Waals surface area contributed by atoms with Gasteiger partial charge in [-0.25, -0.2) is 0 Å². The van der Waals surface area contributed by atoms with E-state index in [4.69, 9.17) is 0 Å². The van der Waals surface area contributed by atoms with Gasteiger partial charge in [-0.05, 0) is 72.4 Å². The molecule has 1 N–H and O–H groups in total. The van der Waals surface area contributed by atoms with Gasteiger partial charge in [0.1, 0.15) is 0 Å². The number of nitrogens with zero attached hydrogens (tertiary/aromatic N) is 5.